The number of benzene rings is 2. The molecule has 4 nitrogen and oxygen atoms in total. The summed E-state index contributed by atoms with van der Waals surface area (Å²) in [4.78, 5) is 12.3. The largest absolute Gasteiger partial charge is 0.497 e. The second-order valence-corrected chi connectivity index (χ2v) is 5.63. The summed E-state index contributed by atoms with van der Waals surface area (Å²) in [6.07, 6.45) is 2.76. The molecule has 1 aliphatic heterocycles. The van der Waals surface area contributed by atoms with Gasteiger partial charge in [-0.3, -0.25) is 4.79 Å². The van der Waals surface area contributed by atoms with Gasteiger partial charge < -0.3 is 14.8 Å². The molecular formula is C19H21NO3. The number of amides is 1. The fourth-order valence-corrected chi connectivity index (χ4v) is 2.75. The first kappa shape index (κ1) is 15.4. The molecule has 0 saturated carbocycles. The zero-order chi connectivity index (χ0) is 16.1. The van der Waals surface area contributed by atoms with Gasteiger partial charge in [0.2, 0.25) is 0 Å². The highest BCUT2D eigenvalue weighted by Gasteiger charge is 2.13. The molecule has 120 valence electrons. The van der Waals surface area contributed by atoms with Gasteiger partial charge in [-0.25, -0.2) is 0 Å². The summed E-state index contributed by atoms with van der Waals surface area (Å²) in [7, 11) is 1.65. The number of aryl methyl sites for hydroxylation is 1. The van der Waals surface area contributed by atoms with Crippen molar-refractivity contribution in [2.75, 3.05) is 20.3 Å². The summed E-state index contributed by atoms with van der Waals surface area (Å²) in [6, 6.07) is 13.6. The number of hydrogen-bond donors (Lipinski definition) is 1. The summed E-state index contributed by atoms with van der Waals surface area (Å²) in [5.41, 5.74) is 2.96. The van der Waals surface area contributed by atoms with Crippen molar-refractivity contribution < 1.29 is 14.3 Å². The zero-order valence-corrected chi connectivity index (χ0v) is 13.3. The van der Waals surface area contributed by atoms with Crippen LogP contribution in [0.15, 0.2) is 42.5 Å². The normalized spacial score (nSPS) is 12.9. The Morgan fingerprint density at radius 2 is 2.17 bits per heavy atom. The van der Waals surface area contributed by atoms with E-state index in [4.69, 9.17) is 9.47 Å². The Kier molecular flexibility index (Phi) is 4.81. The van der Waals surface area contributed by atoms with Crippen molar-refractivity contribution in [1.82, 2.24) is 5.32 Å². The van der Waals surface area contributed by atoms with Crippen LogP contribution in [0.1, 0.15) is 27.9 Å². The third kappa shape index (κ3) is 3.83. The fourth-order valence-electron chi connectivity index (χ4n) is 2.75. The maximum Gasteiger partial charge on any atom is 0.251 e. The molecule has 0 aliphatic carbocycles. The Balaban J connectivity index is 1.57. The molecule has 0 atom stereocenters. The van der Waals surface area contributed by atoms with Crippen LogP contribution < -0.4 is 14.8 Å². The van der Waals surface area contributed by atoms with E-state index in [9.17, 15) is 4.79 Å². The summed E-state index contributed by atoms with van der Waals surface area (Å²) >= 11 is 0. The number of methoxy groups -OCH3 is 1. The molecule has 0 aromatic heterocycles. The predicted molar refractivity (Wildman–Crippen MR) is 89.3 cm³/mol. The van der Waals surface area contributed by atoms with E-state index in [0.29, 0.717) is 12.1 Å². The standard InChI is InChI=1S/C19H21NO3/c1-22-17-6-2-4-14(12-17)9-10-20-19(21)16-7-8-18-15(13-16)5-3-11-23-18/h2,4,6-8,12-13H,3,5,9-11H2,1H3,(H,20,21). The van der Waals surface area contributed by atoms with Gasteiger partial charge in [0.1, 0.15) is 11.5 Å². The van der Waals surface area contributed by atoms with E-state index in [1.807, 2.05) is 42.5 Å². The van der Waals surface area contributed by atoms with Crippen molar-refractivity contribution in [2.45, 2.75) is 19.3 Å². The van der Waals surface area contributed by atoms with Gasteiger partial charge in [0.05, 0.1) is 13.7 Å². The summed E-state index contributed by atoms with van der Waals surface area (Å²) in [6.45, 7) is 1.36. The quantitative estimate of drug-likeness (QED) is 0.923. The van der Waals surface area contributed by atoms with E-state index in [1.54, 1.807) is 7.11 Å². The van der Waals surface area contributed by atoms with E-state index in [0.717, 1.165) is 48.5 Å². The lowest BCUT2D eigenvalue weighted by atomic mass is 10.0. The van der Waals surface area contributed by atoms with E-state index in [-0.39, 0.29) is 5.91 Å². The number of rotatable bonds is 5. The van der Waals surface area contributed by atoms with Crippen LogP contribution in [-0.2, 0) is 12.8 Å². The van der Waals surface area contributed by atoms with Crippen LogP contribution in [0.2, 0.25) is 0 Å². The Labute approximate surface area is 136 Å². The average molecular weight is 311 g/mol. The van der Waals surface area contributed by atoms with Crippen LogP contribution in [0.3, 0.4) is 0 Å². The number of ether oxygens (including phenoxy) is 2. The Morgan fingerprint density at radius 3 is 3.04 bits per heavy atom. The Morgan fingerprint density at radius 1 is 1.26 bits per heavy atom. The van der Waals surface area contributed by atoms with Crippen molar-refractivity contribution in [3.8, 4) is 11.5 Å². The van der Waals surface area contributed by atoms with Gasteiger partial charge in [-0.1, -0.05) is 12.1 Å². The molecule has 0 unspecified atom stereocenters. The van der Waals surface area contributed by atoms with Crippen molar-refractivity contribution in [1.29, 1.82) is 0 Å². The molecule has 0 radical (unpaired) electrons. The van der Waals surface area contributed by atoms with Gasteiger partial charge in [-0.05, 0) is 60.7 Å². The molecule has 0 saturated heterocycles. The number of fused-ring (bicyclic) bond motifs is 1. The third-order valence-corrected chi connectivity index (χ3v) is 4.00. The topological polar surface area (TPSA) is 47.6 Å². The number of carbonyl (C=O) groups is 1. The van der Waals surface area contributed by atoms with Crippen molar-refractivity contribution in [3.05, 3.63) is 59.2 Å². The van der Waals surface area contributed by atoms with Crippen molar-refractivity contribution in [2.24, 2.45) is 0 Å². The van der Waals surface area contributed by atoms with Crippen molar-refractivity contribution >= 4 is 5.91 Å². The highest BCUT2D eigenvalue weighted by Crippen LogP contribution is 2.25. The number of carbonyl (C=O) groups excluding carboxylic acids is 1. The molecule has 1 heterocycles. The van der Waals surface area contributed by atoms with Crippen LogP contribution in [0.4, 0.5) is 0 Å². The number of hydrogen-bond acceptors (Lipinski definition) is 3. The highest BCUT2D eigenvalue weighted by molar-refractivity contribution is 5.94. The summed E-state index contributed by atoms with van der Waals surface area (Å²) < 4.78 is 10.8. The van der Waals surface area contributed by atoms with Crippen molar-refractivity contribution in [3.63, 3.8) is 0 Å². The predicted octanol–water partition coefficient (Wildman–Crippen LogP) is 2.99. The minimum atomic E-state index is -0.0405. The molecule has 1 amide bonds. The first-order chi connectivity index (χ1) is 11.3. The molecule has 2 aromatic carbocycles. The van der Waals surface area contributed by atoms with Crippen LogP contribution in [0.5, 0.6) is 11.5 Å². The monoisotopic (exact) mass is 311 g/mol. The number of nitrogens with one attached hydrogen (secondary N) is 1. The Bertz CT molecular complexity index is 697. The minimum absolute atomic E-state index is 0.0405. The lowest BCUT2D eigenvalue weighted by Crippen LogP contribution is -2.26. The van der Waals surface area contributed by atoms with Gasteiger partial charge >= 0.3 is 0 Å². The minimum Gasteiger partial charge on any atom is -0.497 e. The summed E-state index contributed by atoms with van der Waals surface area (Å²) in [5, 5.41) is 2.97. The first-order valence-corrected chi connectivity index (χ1v) is 7.93. The van der Waals surface area contributed by atoms with Gasteiger partial charge in [-0.2, -0.15) is 0 Å². The molecule has 2 aromatic rings. The SMILES string of the molecule is COc1cccc(CCNC(=O)c2ccc3c(c2)CCCO3)c1. The highest BCUT2D eigenvalue weighted by atomic mass is 16.5. The van der Waals surface area contributed by atoms with Gasteiger partial charge in [0.25, 0.3) is 5.91 Å². The van der Waals surface area contributed by atoms with E-state index >= 15 is 0 Å². The molecule has 0 spiro atoms. The third-order valence-electron chi connectivity index (χ3n) is 4.00. The molecule has 4 heteroatoms. The first-order valence-electron chi connectivity index (χ1n) is 7.93. The van der Waals surface area contributed by atoms with E-state index in [1.165, 1.54) is 0 Å². The van der Waals surface area contributed by atoms with E-state index in [2.05, 4.69) is 5.32 Å². The molecule has 1 N–H and O–H groups in total. The van der Waals surface area contributed by atoms with Crippen LogP contribution in [0, 0.1) is 0 Å². The molecule has 0 bridgehead atoms. The van der Waals surface area contributed by atoms with Gasteiger partial charge in [0, 0.05) is 12.1 Å². The fraction of sp³-hybridized carbons (Fsp3) is 0.316. The summed E-state index contributed by atoms with van der Waals surface area (Å²) in [5.74, 6) is 1.70. The molecule has 23 heavy (non-hydrogen) atoms. The van der Waals surface area contributed by atoms with E-state index < -0.39 is 0 Å². The van der Waals surface area contributed by atoms with Gasteiger partial charge in [0.15, 0.2) is 0 Å². The lowest BCUT2D eigenvalue weighted by molar-refractivity contribution is 0.0954. The van der Waals surface area contributed by atoms with Crippen LogP contribution >= 0.6 is 0 Å². The van der Waals surface area contributed by atoms with Gasteiger partial charge in [-0.15, -0.1) is 0 Å². The average Bonchev–Trinajstić information content (AvgIpc) is 2.61. The zero-order valence-electron chi connectivity index (χ0n) is 13.3. The lowest BCUT2D eigenvalue weighted by Gasteiger charge is -2.17. The maximum atomic E-state index is 12.3. The Hall–Kier alpha value is -2.49. The maximum absolute atomic E-state index is 12.3. The molecule has 0 fully saturated rings. The molecule has 3 rings (SSSR count). The van der Waals surface area contributed by atoms with Crippen LogP contribution in [-0.4, -0.2) is 26.2 Å². The second kappa shape index (κ2) is 7.18. The van der Waals surface area contributed by atoms with Crippen LogP contribution in [0.25, 0.3) is 0 Å². The second-order valence-electron chi connectivity index (χ2n) is 5.63. The smallest absolute Gasteiger partial charge is 0.251 e. The molecular weight excluding hydrogens is 290 g/mol. The molecule has 1 aliphatic rings.